The number of H-pyrrole nitrogens is 1. The van der Waals surface area contributed by atoms with Crippen molar-refractivity contribution in [3.8, 4) is 11.3 Å². The predicted molar refractivity (Wildman–Crippen MR) is 117 cm³/mol. The summed E-state index contributed by atoms with van der Waals surface area (Å²) in [5.41, 5.74) is 4.22. The van der Waals surface area contributed by atoms with Crippen molar-refractivity contribution in [2.45, 2.75) is 0 Å². The zero-order chi connectivity index (χ0) is 18.6. The zero-order valence-electron chi connectivity index (χ0n) is 14.5. The maximum Gasteiger partial charge on any atom is 0.206 e. The van der Waals surface area contributed by atoms with E-state index in [0.29, 0.717) is 6.54 Å². The van der Waals surface area contributed by atoms with Crippen LogP contribution >= 0.6 is 27.3 Å². The van der Waals surface area contributed by atoms with Crippen molar-refractivity contribution in [1.82, 2.24) is 9.66 Å². The molecule has 1 N–H and O–H groups in total. The summed E-state index contributed by atoms with van der Waals surface area (Å²) in [6, 6.07) is 16.4. The molecule has 4 nitrogen and oxygen atoms in total. The molecule has 0 saturated heterocycles. The van der Waals surface area contributed by atoms with Crippen LogP contribution < -0.4 is 4.80 Å². The molecule has 0 atom stereocenters. The molecule has 4 rings (SSSR count). The topological polar surface area (TPSA) is 45.4 Å². The normalized spacial score (nSPS) is 12.3. The largest absolute Gasteiger partial charge is 0.361 e. The summed E-state index contributed by atoms with van der Waals surface area (Å²) in [7, 11) is 0. The molecule has 134 valence electrons. The Bertz CT molecular complexity index is 1200. The van der Waals surface area contributed by atoms with E-state index in [1.165, 1.54) is 0 Å². The molecule has 0 amide bonds. The molecule has 0 unspecified atom stereocenters. The van der Waals surface area contributed by atoms with E-state index in [1.807, 2.05) is 41.4 Å². The minimum absolute atomic E-state index is 0.557. The molecule has 0 aliphatic heterocycles. The first-order chi connectivity index (χ1) is 13.3. The number of fused-ring (bicyclic) bond motifs is 1. The molecule has 2 heterocycles. The molecule has 0 radical (unpaired) electrons. The Hall–Kier alpha value is -2.70. The van der Waals surface area contributed by atoms with Gasteiger partial charge >= 0.3 is 0 Å². The summed E-state index contributed by atoms with van der Waals surface area (Å²) < 4.78 is 2.92. The quantitative estimate of drug-likeness (QED) is 0.320. The number of aromatic amines is 1. The Balaban J connectivity index is 1.82. The molecule has 0 saturated carbocycles. The van der Waals surface area contributed by atoms with Crippen LogP contribution in [-0.4, -0.2) is 22.4 Å². The lowest BCUT2D eigenvalue weighted by molar-refractivity contribution is 0.840. The zero-order valence-corrected chi connectivity index (χ0v) is 16.9. The van der Waals surface area contributed by atoms with Crippen molar-refractivity contribution in [2.75, 3.05) is 6.54 Å². The van der Waals surface area contributed by atoms with E-state index < -0.39 is 0 Å². The minimum Gasteiger partial charge on any atom is -0.361 e. The van der Waals surface area contributed by atoms with Crippen LogP contribution in [-0.2, 0) is 0 Å². The third kappa shape index (κ3) is 3.72. The number of hydrogen-bond donors (Lipinski definition) is 1. The van der Waals surface area contributed by atoms with Crippen LogP contribution in [0.5, 0.6) is 0 Å². The van der Waals surface area contributed by atoms with Gasteiger partial charge in [0.25, 0.3) is 0 Å². The maximum atomic E-state index is 4.76. The lowest BCUT2D eigenvalue weighted by Gasteiger charge is -2.04. The summed E-state index contributed by atoms with van der Waals surface area (Å²) in [4.78, 5) is 8.70. The van der Waals surface area contributed by atoms with Crippen LogP contribution in [0.4, 0.5) is 0 Å². The van der Waals surface area contributed by atoms with Gasteiger partial charge in [0.2, 0.25) is 4.80 Å². The Morgan fingerprint density at radius 1 is 1.19 bits per heavy atom. The second-order valence-electron chi connectivity index (χ2n) is 5.89. The van der Waals surface area contributed by atoms with Crippen molar-refractivity contribution >= 4 is 44.4 Å². The van der Waals surface area contributed by atoms with Gasteiger partial charge in [0.1, 0.15) is 0 Å². The van der Waals surface area contributed by atoms with Crippen LogP contribution in [0.15, 0.2) is 87.3 Å². The molecule has 6 heteroatoms. The average molecular weight is 437 g/mol. The van der Waals surface area contributed by atoms with Gasteiger partial charge < -0.3 is 4.98 Å². The van der Waals surface area contributed by atoms with Gasteiger partial charge in [-0.2, -0.15) is 5.10 Å². The van der Waals surface area contributed by atoms with E-state index >= 15 is 0 Å². The molecule has 0 spiro atoms. The number of nitrogens with one attached hydrogen (secondary N) is 1. The van der Waals surface area contributed by atoms with E-state index in [-0.39, 0.29) is 0 Å². The second-order valence-corrected chi connectivity index (χ2v) is 7.64. The molecular weight excluding hydrogens is 420 g/mol. The summed E-state index contributed by atoms with van der Waals surface area (Å²) >= 11 is 5.11. The van der Waals surface area contributed by atoms with Crippen molar-refractivity contribution < 1.29 is 0 Å². The van der Waals surface area contributed by atoms with Crippen molar-refractivity contribution in [1.29, 1.82) is 0 Å². The van der Waals surface area contributed by atoms with Gasteiger partial charge in [0.05, 0.1) is 18.5 Å². The highest BCUT2D eigenvalue weighted by molar-refractivity contribution is 9.10. The number of rotatable bonds is 5. The van der Waals surface area contributed by atoms with Crippen molar-refractivity contribution in [3.63, 3.8) is 0 Å². The molecule has 0 bridgehead atoms. The van der Waals surface area contributed by atoms with Crippen LogP contribution in [0.2, 0.25) is 0 Å². The first-order valence-corrected chi connectivity index (χ1v) is 10.1. The van der Waals surface area contributed by atoms with Gasteiger partial charge in [-0.15, -0.1) is 17.9 Å². The van der Waals surface area contributed by atoms with E-state index in [2.05, 4.69) is 62.1 Å². The van der Waals surface area contributed by atoms with Gasteiger partial charge in [-0.3, -0.25) is 4.99 Å². The first-order valence-electron chi connectivity index (χ1n) is 8.44. The predicted octanol–water partition coefficient (Wildman–Crippen LogP) is 5.43. The second kappa shape index (κ2) is 7.90. The highest BCUT2D eigenvalue weighted by atomic mass is 79.9. The van der Waals surface area contributed by atoms with Gasteiger partial charge in [-0.1, -0.05) is 52.3 Å². The number of aromatic nitrogens is 2. The van der Waals surface area contributed by atoms with Gasteiger partial charge in [-0.05, 0) is 18.2 Å². The fourth-order valence-electron chi connectivity index (χ4n) is 2.83. The molecule has 0 aliphatic carbocycles. The SMILES string of the molecule is C=CCN=c1scc(-c2cccc(Br)c2)n1N=Cc1c[nH]c2ccccc12. The van der Waals surface area contributed by atoms with Gasteiger partial charge in [-0.25, -0.2) is 4.68 Å². The van der Waals surface area contributed by atoms with Crippen molar-refractivity contribution in [2.24, 2.45) is 10.1 Å². The lowest BCUT2D eigenvalue weighted by Crippen LogP contribution is -2.12. The Morgan fingerprint density at radius 3 is 2.93 bits per heavy atom. The summed E-state index contributed by atoms with van der Waals surface area (Å²) in [6.07, 6.45) is 5.63. The Morgan fingerprint density at radius 2 is 2.07 bits per heavy atom. The third-order valence-electron chi connectivity index (χ3n) is 4.09. The first kappa shape index (κ1) is 17.7. The monoisotopic (exact) mass is 436 g/mol. The summed E-state index contributed by atoms with van der Waals surface area (Å²) in [6.45, 7) is 4.31. The number of thiazole rings is 1. The molecule has 0 aliphatic rings. The highest BCUT2D eigenvalue weighted by Crippen LogP contribution is 2.24. The van der Waals surface area contributed by atoms with Gasteiger partial charge in [0.15, 0.2) is 0 Å². The van der Waals surface area contributed by atoms with Crippen molar-refractivity contribution in [3.05, 3.63) is 87.6 Å². The maximum absolute atomic E-state index is 4.76. The van der Waals surface area contributed by atoms with E-state index in [4.69, 9.17) is 5.10 Å². The molecular formula is C21H17BrN4S. The summed E-state index contributed by atoms with van der Waals surface area (Å²) in [5, 5.41) is 7.98. The smallest absolute Gasteiger partial charge is 0.206 e. The standard InChI is InChI=1S/C21H17BrN4S/c1-2-10-23-21-26(20(14-27-21)15-6-5-7-17(22)11-15)25-13-16-12-24-19-9-4-3-8-18(16)19/h2-9,11-14,24H,1,10H2. The van der Waals surface area contributed by atoms with E-state index in [9.17, 15) is 0 Å². The number of halogens is 1. The molecule has 2 aromatic heterocycles. The number of nitrogens with zero attached hydrogens (tertiary/aromatic N) is 3. The van der Waals surface area contributed by atoms with Gasteiger partial charge in [0, 0.05) is 38.1 Å². The number of benzene rings is 2. The summed E-state index contributed by atoms with van der Waals surface area (Å²) in [5.74, 6) is 0. The van der Waals surface area contributed by atoms with Crippen LogP contribution in [0.3, 0.4) is 0 Å². The molecule has 0 fully saturated rings. The van der Waals surface area contributed by atoms with E-state index in [1.54, 1.807) is 17.4 Å². The molecule has 2 aromatic carbocycles. The van der Waals surface area contributed by atoms with E-state index in [0.717, 1.165) is 37.0 Å². The molecule has 4 aromatic rings. The fourth-order valence-corrected chi connectivity index (χ4v) is 4.08. The van der Waals surface area contributed by atoms with Crippen LogP contribution in [0.25, 0.3) is 22.2 Å². The third-order valence-corrected chi connectivity index (χ3v) is 5.44. The number of hydrogen-bond acceptors (Lipinski definition) is 3. The Labute approximate surface area is 169 Å². The fraction of sp³-hybridized carbons (Fsp3) is 0.0476. The molecule has 27 heavy (non-hydrogen) atoms. The number of para-hydroxylation sites is 1. The lowest BCUT2D eigenvalue weighted by atomic mass is 10.2. The average Bonchev–Trinajstić information content (AvgIpc) is 3.28. The highest BCUT2D eigenvalue weighted by Gasteiger charge is 2.08. The minimum atomic E-state index is 0.557. The van der Waals surface area contributed by atoms with Crippen LogP contribution in [0.1, 0.15) is 5.56 Å². The van der Waals surface area contributed by atoms with Crippen LogP contribution in [0, 0.1) is 0 Å². The Kier molecular flexibility index (Phi) is 5.18.